The number of hydrogen-bond donors (Lipinski definition) is 0. The standard InChI is InChI=1S/C11H12ClN3S2/c12-11-14-13-10(17-11)6-15(9-1-2-9)5-8-3-4-16-7-8/h3-4,7,9H,1-2,5-6H2. The van der Waals surface area contributed by atoms with E-state index < -0.39 is 0 Å². The maximum absolute atomic E-state index is 5.81. The molecular weight excluding hydrogens is 274 g/mol. The van der Waals surface area contributed by atoms with Crippen LogP contribution in [0.2, 0.25) is 4.47 Å². The van der Waals surface area contributed by atoms with Crippen LogP contribution in [0.15, 0.2) is 16.8 Å². The second-order valence-electron chi connectivity index (χ2n) is 4.22. The molecule has 2 aromatic heterocycles. The summed E-state index contributed by atoms with van der Waals surface area (Å²) in [5.41, 5.74) is 1.39. The smallest absolute Gasteiger partial charge is 0.207 e. The minimum Gasteiger partial charge on any atom is -0.289 e. The van der Waals surface area contributed by atoms with Crippen molar-refractivity contribution in [1.29, 1.82) is 0 Å². The van der Waals surface area contributed by atoms with Crippen molar-refractivity contribution in [3.8, 4) is 0 Å². The molecule has 0 bridgehead atoms. The molecule has 6 heteroatoms. The molecule has 1 aliphatic carbocycles. The molecule has 1 saturated carbocycles. The Morgan fingerprint density at radius 1 is 1.35 bits per heavy atom. The molecule has 2 aromatic rings. The van der Waals surface area contributed by atoms with Crippen LogP contribution < -0.4 is 0 Å². The molecule has 17 heavy (non-hydrogen) atoms. The van der Waals surface area contributed by atoms with Crippen LogP contribution in [0.3, 0.4) is 0 Å². The quantitative estimate of drug-likeness (QED) is 0.843. The SMILES string of the molecule is Clc1nnc(CN(Cc2ccsc2)C2CC2)s1. The van der Waals surface area contributed by atoms with E-state index in [1.165, 1.54) is 29.7 Å². The maximum Gasteiger partial charge on any atom is 0.207 e. The Labute approximate surface area is 113 Å². The lowest BCUT2D eigenvalue weighted by atomic mass is 10.3. The molecule has 0 spiro atoms. The second kappa shape index (κ2) is 5.02. The van der Waals surface area contributed by atoms with Gasteiger partial charge in [-0.3, -0.25) is 4.90 Å². The van der Waals surface area contributed by atoms with E-state index in [1.54, 1.807) is 11.3 Å². The summed E-state index contributed by atoms with van der Waals surface area (Å²) in [4.78, 5) is 2.47. The van der Waals surface area contributed by atoms with E-state index in [1.807, 2.05) is 0 Å². The number of rotatable bonds is 5. The van der Waals surface area contributed by atoms with Gasteiger partial charge in [0.1, 0.15) is 5.01 Å². The molecule has 0 saturated heterocycles. The van der Waals surface area contributed by atoms with Gasteiger partial charge in [0.2, 0.25) is 4.47 Å². The molecule has 90 valence electrons. The van der Waals surface area contributed by atoms with Gasteiger partial charge in [0.25, 0.3) is 0 Å². The van der Waals surface area contributed by atoms with Crippen molar-refractivity contribution in [3.63, 3.8) is 0 Å². The van der Waals surface area contributed by atoms with Gasteiger partial charge in [-0.25, -0.2) is 0 Å². The highest BCUT2D eigenvalue weighted by Gasteiger charge is 2.29. The van der Waals surface area contributed by atoms with E-state index in [0.29, 0.717) is 4.47 Å². The molecule has 0 amide bonds. The summed E-state index contributed by atoms with van der Waals surface area (Å²) < 4.78 is 0.534. The zero-order valence-electron chi connectivity index (χ0n) is 9.17. The lowest BCUT2D eigenvalue weighted by molar-refractivity contribution is 0.245. The molecule has 0 atom stereocenters. The topological polar surface area (TPSA) is 29.0 Å². The maximum atomic E-state index is 5.81. The summed E-state index contributed by atoms with van der Waals surface area (Å²) in [5, 5.41) is 13.3. The minimum absolute atomic E-state index is 0.534. The lowest BCUT2D eigenvalue weighted by Gasteiger charge is -2.19. The number of nitrogens with zero attached hydrogens (tertiary/aromatic N) is 3. The third kappa shape index (κ3) is 3.04. The number of aromatic nitrogens is 2. The largest absolute Gasteiger partial charge is 0.289 e. The van der Waals surface area contributed by atoms with Gasteiger partial charge in [-0.1, -0.05) is 11.3 Å². The van der Waals surface area contributed by atoms with E-state index in [9.17, 15) is 0 Å². The van der Waals surface area contributed by atoms with Crippen molar-refractivity contribution in [3.05, 3.63) is 31.9 Å². The Bertz CT molecular complexity index is 479. The summed E-state index contributed by atoms with van der Waals surface area (Å²) in [7, 11) is 0. The molecule has 3 nitrogen and oxygen atoms in total. The Morgan fingerprint density at radius 3 is 2.82 bits per heavy atom. The molecule has 1 fully saturated rings. The predicted octanol–water partition coefficient (Wildman–Crippen LogP) is 3.42. The first-order valence-electron chi connectivity index (χ1n) is 5.54. The van der Waals surface area contributed by atoms with Crippen LogP contribution in [-0.2, 0) is 13.1 Å². The third-order valence-electron chi connectivity index (χ3n) is 2.81. The van der Waals surface area contributed by atoms with Crippen LogP contribution in [0.25, 0.3) is 0 Å². The molecule has 3 rings (SSSR count). The molecule has 0 radical (unpaired) electrons. The van der Waals surface area contributed by atoms with E-state index in [0.717, 1.165) is 24.1 Å². The summed E-state index contributed by atoms with van der Waals surface area (Å²) in [5.74, 6) is 0. The van der Waals surface area contributed by atoms with Crippen LogP contribution >= 0.6 is 34.3 Å². The highest BCUT2D eigenvalue weighted by molar-refractivity contribution is 7.15. The fourth-order valence-corrected chi connectivity index (χ4v) is 3.39. The average Bonchev–Trinajstić information content (AvgIpc) is 2.89. The van der Waals surface area contributed by atoms with Gasteiger partial charge in [-0.05, 0) is 46.8 Å². The first-order valence-corrected chi connectivity index (χ1v) is 7.68. The van der Waals surface area contributed by atoms with Crippen molar-refractivity contribution in [2.75, 3.05) is 0 Å². The zero-order valence-corrected chi connectivity index (χ0v) is 11.6. The van der Waals surface area contributed by atoms with E-state index >= 15 is 0 Å². The lowest BCUT2D eigenvalue weighted by Crippen LogP contribution is -2.24. The predicted molar refractivity (Wildman–Crippen MR) is 71.5 cm³/mol. The number of thiophene rings is 1. The molecule has 0 unspecified atom stereocenters. The van der Waals surface area contributed by atoms with Crippen LogP contribution in [0.5, 0.6) is 0 Å². The molecule has 1 aliphatic rings. The monoisotopic (exact) mass is 285 g/mol. The highest BCUT2D eigenvalue weighted by atomic mass is 35.5. The third-order valence-corrected chi connectivity index (χ3v) is 4.55. The summed E-state index contributed by atoms with van der Waals surface area (Å²) >= 11 is 9.04. The molecular formula is C11H12ClN3S2. The van der Waals surface area contributed by atoms with Gasteiger partial charge in [0.15, 0.2) is 0 Å². The van der Waals surface area contributed by atoms with Gasteiger partial charge < -0.3 is 0 Å². The van der Waals surface area contributed by atoms with Crippen LogP contribution in [0.1, 0.15) is 23.4 Å². The van der Waals surface area contributed by atoms with Gasteiger partial charge in [0, 0.05) is 12.6 Å². The normalized spacial score (nSPS) is 15.6. The Balaban J connectivity index is 1.68. The van der Waals surface area contributed by atoms with Crippen LogP contribution in [-0.4, -0.2) is 21.1 Å². The molecule has 0 aromatic carbocycles. The molecule has 0 aliphatic heterocycles. The first kappa shape index (κ1) is 11.6. The van der Waals surface area contributed by atoms with Gasteiger partial charge in [-0.2, -0.15) is 11.3 Å². The van der Waals surface area contributed by atoms with Crippen molar-refractivity contribution >= 4 is 34.3 Å². The van der Waals surface area contributed by atoms with Gasteiger partial charge in [-0.15, -0.1) is 10.2 Å². The van der Waals surface area contributed by atoms with Crippen molar-refractivity contribution in [2.24, 2.45) is 0 Å². The Hall–Kier alpha value is -0.490. The highest BCUT2D eigenvalue weighted by Crippen LogP contribution is 2.31. The average molecular weight is 286 g/mol. The second-order valence-corrected chi connectivity index (χ2v) is 6.64. The zero-order chi connectivity index (χ0) is 11.7. The van der Waals surface area contributed by atoms with Gasteiger partial charge in [0.05, 0.1) is 6.54 Å². The molecule has 0 N–H and O–H groups in total. The van der Waals surface area contributed by atoms with E-state index in [-0.39, 0.29) is 0 Å². The van der Waals surface area contributed by atoms with E-state index in [2.05, 4.69) is 31.9 Å². The Kier molecular flexibility index (Phi) is 3.42. The first-order chi connectivity index (χ1) is 8.31. The minimum atomic E-state index is 0.534. The Morgan fingerprint density at radius 2 is 2.24 bits per heavy atom. The number of halogens is 1. The summed E-state index contributed by atoms with van der Waals surface area (Å²) in [6.45, 7) is 1.87. The van der Waals surface area contributed by atoms with Crippen molar-refractivity contribution < 1.29 is 0 Å². The summed E-state index contributed by atoms with van der Waals surface area (Å²) in [6.07, 6.45) is 2.60. The van der Waals surface area contributed by atoms with Crippen LogP contribution in [0, 0.1) is 0 Å². The van der Waals surface area contributed by atoms with E-state index in [4.69, 9.17) is 11.6 Å². The van der Waals surface area contributed by atoms with Crippen LogP contribution in [0.4, 0.5) is 0 Å². The molecule has 2 heterocycles. The number of hydrogen-bond acceptors (Lipinski definition) is 5. The van der Waals surface area contributed by atoms with Gasteiger partial charge >= 0.3 is 0 Å². The fraction of sp³-hybridized carbons (Fsp3) is 0.455. The fourth-order valence-electron chi connectivity index (χ4n) is 1.84. The van der Waals surface area contributed by atoms with Crippen molar-refractivity contribution in [1.82, 2.24) is 15.1 Å². The summed E-state index contributed by atoms with van der Waals surface area (Å²) in [6, 6.07) is 2.91. The van der Waals surface area contributed by atoms with Crippen molar-refractivity contribution in [2.45, 2.75) is 32.0 Å².